The van der Waals surface area contributed by atoms with Crippen LogP contribution >= 0.6 is 11.6 Å². The Hall–Kier alpha value is -1.03. The lowest BCUT2D eigenvalue weighted by Gasteiger charge is -2.14. The number of ether oxygens (including phenoxy) is 1. The summed E-state index contributed by atoms with van der Waals surface area (Å²) in [6, 6.07) is 0.112. The van der Waals surface area contributed by atoms with Crippen molar-refractivity contribution < 1.29 is 4.74 Å². The molecule has 0 aliphatic rings. The van der Waals surface area contributed by atoms with E-state index in [2.05, 4.69) is 11.9 Å². The minimum absolute atomic E-state index is 0.112. The third-order valence-corrected chi connectivity index (χ3v) is 2.57. The van der Waals surface area contributed by atoms with Gasteiger partial charge in [-0.1, -0.05) is 24.9 Å². The fourth-order valence-electron chi connectivity index (χ4n) is 1.47. The second kappa shape index (κ2) is 5.16. The maximum absolute atomic E-state index is 11.9. The lowest BCUT2D eigenvalue weighted by Crippen LogP contribution is -2.24. The summed E-state index contributed by atoms with van der Waals surface area (Å²) in [5.74, 6) is 0.113. The first-order valence-corrected chi connectivity index (χ1v) is 5.30. The molecule has 0 spiro atoms. The zero-order valence-corrected chi connectivity index (χ0v) is 9.91. The summed E-state index contributed by atoms with van der Waals surface area (Å²) in [5, 5.41) is 0.113. The van der Waals surface area contributed by atoms with Crippen LogP contribution in [-0.4, -0.2) is 16.7 Å². The van der Waals surface area contributed by atoms with E-state index in [1.165, 1.54) is 13.4 Å². The van der Waals surface area contributed by atoms with Crippen LogP contribution in [0.2, 0.25) is 5.15 Å². The van der Waals surface area contributed by atoms with Gasteiger partial charge in [0, 0.05) is 6.04 Å². The minimum atomic E-state index is -0.224. The highest BCUT2D eigenvalue weighted by atomic mass is 35.5. The highest BCUT2D eigenvalue weighted by Gasteiger charge is 2.13. The van der Waals surface area contributed by atoms with Gasteiger partial charge in [-0.3, -0.25) is 9.36 Å². The van der Waals surface area contributed by atoms with E-state index in [4.69, 9.17) is 16.3 Å². The molecule has 0 aliphatic carbocycles. The molecule has 15 heavy (non-hydrogen) atoms. The fourth-order valence-corrected chi connectivity index (χ4v) is 1.67. The van der Waals surface area contributed by atoms with Gasteiger partial charge < -0.3 is 4.74 Å². The van der Waals surface area contributed by atoms with Crippen molar-refractivity contribution in [3.8, 4) is 5.75 Å². The monoisotopic (exact) mass is 230 g/mol. The molecule has 1 heterocycles. The van der Waals surface area contributed by atoms with E-state index in [-0.39, 0.29) is 22.5 Å². The topological polar surface area (TPSA) is 44.1 Å². The van der Waals surface area contributed by atoms with Crippen molar-refractivity contribution in [2.24, 2.45) is 0 Å². The van der Waals surface area contributed by atoms with E-state index in [0.29, 0.717) is 0 Å². The summed E-state index contributed by atoms with van der Waals surface area (Å²) in [6.07, 6.45) is 3.40. The summed E-state index contributed by atoms with van der Waals surface area (Å²) in [6.45, 7) is 4.04. The summed E-state index contributed by atoms with van der Waals surface area (Å²) >= 11 is 5.73. The number of aromatic nitrogens is 2. The number of hydrogen-bond donors (Lipinski definition) is 0. The molecule has 1 rings (SSSR count). The average molecular weight is 231 g/mol. The molecule has 1 atom stereocenters. The van der Waals surface area contributed by atoms with Gasteiger partial charge in [-0.25, -0.2) is 4.98 Å². The minimum Gasteiger partial charge on any atom is -0.489 e. The molecule has 0 amide bonds. The number of nitrogens with zero attached hydrogens (tertiary/aromatic N) is 2. The molecule has 4 nitrogen and oxygen atoms in total. The van der Waals surface area contributed by atoms with Crippen molar-refractivity contribution in [2.75, 3.05) is 7.11 Å². The first-order valence-electron chi connectivity index (χ1n) is 4.92. The fraction of sp³-hybridized carbons (Fsp3) is 0.600. The molecule has 0 N–H and O–H groups in total. The molecule has 0 bridgehead atoms. The van der Waals surface area contributed by atoms with Crippen molar-refractivity contribution in [2.45, 2.75) is 32.7 Å². The third kappa shape index (κ3) is 2.50. The standard InChI is InChI=1S/C10H15ClN2O2/c1-4-5-7(2)13-6-12-9(11)8(15-3)10(13)14/h6-7H,4-5H2,1-3H3. The van der Waals surface area contributed by atoms with Gasteiger partial charge in [0.1, 0.15) is 0 Å². The molecule has 0 aromatic carbocycles. The second-order valence-corrected chi connectivity index (χ2v) is 3.78. The largest absolute Gasteiger partial charge is 0.489 e. The lowest BCUT2D eigenvalue weighted by atomic mass is 10.2. The van der Waals surface area contributed by atoms with E-state index >= 15 is 0 Å². The summed E-state index contributed by atoms with van der Waals surface area (Å²) in [5.41, 5.74) is -0.224. The smallest absolute Gasteiger partial charge is 0.297 e. The van der Waals surface area contributed by atoms with Crippen molar-refractivity contribution in [1.29, 1.82) is 0 Å². The highest BCUT2D eigenvalue weighted by Crippen LogP contribution is 2.17. The molecule has 84 valence electrons. The van der Waals surface area contributed by atoms with E-state index in [1.807, 2.05) is 6.92 Å². The predicted octanol–water partition coefficient (Wildman–Crippen LogP) is 2.27. The number of methoxy groups -OCH3 is 1. The van der Waals surface area contributed by atoms with Crippen LogP contribution < -0.4 is 10.3 Å². The van der Waals surface area contributed by atoms with Gasteiger partial charge in [0.25, 0.3) is 5.56 Å². The molecule has 0 fully saturated rings. The Balaban J connectivity index is 3.16. The van der Waals surface area contributed by atoms with Crippen molar-refractivity contribution in [3.05, 3.63) is 21.8 Å². The van der Waals surface area contributed by atoms with Gasteiger partial charge in [-0.2, -0.15) is 0 Å². The van der Waals surface area contributed by atoms with Crippen LogP contribution in [0.5, 0.6) is 5.75 Å². The van der Waals surface area contributed by atoms with E-state index in [1.54, 1.807) is 4.57 Å². The van der Waals surface area contributed by atoms with Crippen LogP contribution in [-0.2, 0) is 0 Å². The van der Waals surface area contributed by atoms with E-state index in [9.17, 15) is 4.79 Å². The van der Waals surface area contributed by atoms with Gasteiger partial charge >= 0.3 is 0 Å². The molecule has 0 aliphatic heterocycles. The van der Waals surface area contributed by atoms with Crippen LogP contribution in [0.15, 0.2) is 11.1 Å². The van der Waals surface area contributed by atoms with E-state index in [0.717, 1.165) is 12.8 Å². The number of rotatable bonds is 4. The van der Waals surface area contributed by atoms with Crippen molar-refractivity contribution in [3.63, 3.8) is 0 Å². The zero-order chi connectivity index (χ0) is 11.4. The molecule has 0 saturated heterocycles. The summed E-state index contributed by atoms with van der Waals surface area (Å²) in [4.78, 5) is 15.8. The second-order valence-electron chi connectivity index (χ2n) is 3.42. The van der Waals surface area contributed by atoms with Crippen molar-refractivity contribution in [1.82, 2.24) is 9.55 Å². The van der Waals surface area contributed by atoms with Crippen LogP contribution in [0.3, 0.4) is 0 Å². The Kier molecular flexibility index (Phi) is 4.15. The van der Waals surface area contributed by atoms with E-state index < -0.39 is 0 Å². The summed E-state index contributed by atoms with van der Waals surface area (Å²) < 4.78 is 6.47. The van der Waals surface area contributed by atoms with Gasteiger partial charge in [0.2, 0.25) is 5.75 Å². The normalized spacial score (nSPS) is 12.5. The molecule has 5 heteroatoms. The Morgan fingerprint density at radius 2 is 2.33 bits per heavy atom. The maximum Gasteiger partial charge on any atom is 0.297 e. The van der Waals surface area contributed by atoms with Crippen LogP contribution in [0.1, 0.15) is 32.7 Å². The molecular formula is C10H15ClN2O2. The zero-order valence-electron chi connectivity index (χ0n) is 9.16. The first kappa shape index (κ1) is 12.0. The molecule has 0 radical (unpaired) electrons. The van der Waals surface area contributed by atoms with Gasteiger partial charge in [0.15, 0.2) is 5.15 Å². The Labute approximate surface area is 93.8 Å². The van der Waals surface area contributed by atoms with Gasteiger partial charge in [-0.05, 0) is 13.3 Å². The predicted molar refractivity (Wildman–Crippen MR) is 59.7 cm³/mol. The molecule has 1 aromatic heterocycles. The molecule has 1 aromatic rings. The maximum atomic E-state index is 11.9. The molecular weight excluding hydrogens is 216 g/mol. The lowest BCUT2D eigenvalue weighted by molar-refractivity contribution is 0.388. The van der Waals surface area contributed by atoms with Crippen LogP contribution in [0.4, 0.5) is 0 Å². The number of halogens is 1. The Bertz CT molecular complexity index is 389. The quantitative estimate of drug-likeness (QED) is 0.746. The average Bonchev–Trinajstić information content (AvgIpc) is 2.18. The first-order chi connectivity index (χ1) is 7.11. The SMILES string of the molecule is CCCC(C)n1cnc(Cl)c(OC)c1=O. The molecule has 1 unspecified atom stereocenters. The van der Waals surface area contributed by atoms with Crippen molar-refractivity contribution >= 4 is 11.6 Å². The van der Waals surface area contributed by atoms with Crippen LogP contribution in [0, 0.1) is 0 Å². The Morgan fingerprint density at radius 1 is 1.67 bits per heavy atom. The Morgan fingerprint density at radius 3 is 2.87 bits per heavy atom. The highest BCUT2D eigenvalue weighted by molar-refractivity contribution is 6.30. The third-order valence-electron chi connectivity index (χ3n) is 2.30. The van der Waals surface area contributed by atoms with Gasteiger partial charge in [0.05, 0.1) is 13.4 Å². The number of hydrogen-bond acceptors (Lipinski definition) is 3. The molecule has 0 saturated carbocycles. The van der Waals surface area contributed by atoms with Crippen LogP contribution in [0.25, 0.3) is 0 Å². The van der Waals surface area contributed by atoms with Gasteiger partial charge in [-0.15, -0.1) is 0 Å². The summed E-state index contributed by atoms with van der Waals surface area (Å²) in [7, 11) is 1.42.